The van der Waals surface area contributed by atoms with Crippen LogP contribution in [0.15, 0.2) is 21.3 Å². The maximum Gasteiger partial charge on any atom is 0.322 e. The summed E-state index contributed by atoms with van der Waals surface area (Å²) in [5.41, 5.74) is 2.82. The highest BCUT2D eigenvalue weighted by Crippen LogP contribution is 2.27. The van der Waals surface area contributed by atoms with Gasteiger partial charge in [-0.2, -0.15) is 0 Å². The van der Waals surface area contributed by atoms with Crippen LogP contribution < -0.4 is 0 Å². The molecule has 0 aromatic rings. The monoisotopic (exact) mass is 452 g/mol. The number of rotatable bonds is 4. The third-order valence-corrected chi connectivity index (χ3v) is 12.9. The van der Waals surface area contributed by atoms with Crippen LogP contribution in [0.3, 0.4) is 0 Å². The van der Waals surface area contributed by atoms with Gasteiger partial charge in [0, 0.05) is 0 Å². The summed E-state index contributed by atoms with van der Waals surface area (Å²) in [6.45, 7) is 25.4. The van der Waals surface area contributed by atoms with E-state index in [4.69, 9.17) is 18.2 Å². The van der Waals surface area contributed by atoms with Crippen molar-refractivity contribution in [3.63, 3.8) is 0 Å². The Hall–Kier alpha value is -0.116. The normalized spacial score (nSPS) is 27.4. The lowest BCUT2D eigenvalue weighted by Gasteiger charge is -2.31. The Balaban J connectivity index is 3.24. The lowest BCUT2D eigenvalue weighted by molar-refractivity contribution is 0.211. The van der Waals surface area contributed by atoms with Crippen molar-refractivity contribution in [3.05, 3.63) is 21.3 Å². The second-order valence-electron chi connectivity index (χ2n) is 9.26. The Bertz CT molecular complexity index is 554. The molecule has 4 nitrogen and oxygen atoms in total. The van der Waals surface area contributed by atoms with E-state index in [1.807, 2.05) is 0 Å². The average molecular weight is 452 g/mol. The lowest BCUT2D eigenvalue weighted by Crippen LogP contribution is -2.40. The second kappa shape index (κ2) is 12.8. The van der Waals surface area contributed by atoms with Crippen LogP contribution in [0, 0.1) is 0 Å². The Morgan fingerprint density at radius 1 is 0.633 bits per heavy atom. The molecule has 0 unspecified atom stereocenters. The molecule has 0 atom stereocenters. The van der Waals surface area contributed by atoms with Gasteiger partial charge in [-0.15, -0.1) is 0 Å². The molecule has 8 heteroatoms. The molecule has 1 aliphatic rings. The highest BCUT2D eigenvalue weighted by atomic mass is 28.4. The van der Waals surface area contributed by atoms with E-state index in [1.165, 1.54) is 21.3 Å². The van der Waals surface area contributed by atoms with Crippen LogP contribution in [-0.2, 0) is 18.2 Å². The Morgan fingerprint density at radius 3 is 1.23 bits per heavy atom. The van der Waals surface area contributed by atoms with Crippen LogP contribution >= 0.6 is 0 Å². The van der Waals surface area contributed by atoms with Crippen molar-refractivity contribution in [3.8, 4) is 0 Å². The minimum atomic E-state index is -1.97. The quantitative estimate of drug-likeness (QED) is 0.483. The molecule has 0 amide bonds. The Kier molecular flexibility index (Phi) is 11.9. The SMILES string of the molecule is CCB1OCCO[Si](C)(C)/C(C)=C(/CC)B(CC)OCCO[Si](C)(C)/C(C)=C\1CC. The molecule has 1 aliphatic heterocycles. The molecule has 0 saturated carbocycles. The van der Waals surface area contributed by atoms with Gasteiger partial charge in [-0.25, -0.2) is 0 Å². The summed E-state index contributed by atoms with van der Waals surface area (Å²) in [7, 11) is -3.95. The van der Waals surface area contributed by atoms with Gasteiger partial charge in [0.2, 0.25) is 16.6 Å². The van der Waals surface area contributed by atoms with E-state index in [9.17, 15) is 0 Å². The van der Waals surface area contributed by atoms with Crippen molar-refractivity contribution in [1.29, 1.82) is 0 Å². The fourth-order valence-corrected chi connectivity index (χ4v) is 8.21. The zero-order valence-corrected chi connectivity index (χ0v) is 23.4. The van der Waals surface area contributed by atoms with Gasteiger partial charge in [0.1, 0.15) is 0 Å². The number of hydrogen-bond donors (Lipinski definition) is 0. The van der Waals surface area contributed by atoms with E-state index in [1.54, 1.807) is 0 Å². The van der Waals surface area contributed by atoms with Crippen LogP contribution in [0.1, 0.15) is 54.4 Å². The molecule has 0 aromatic heterocycles. The molecule has 0 radical (unpaired) electrons. The summed E-state index contributed by atoms with van der Waals surface area (Å²) >= 11 is 0. The number of allylic oxidation sites excluding steroid dienone is 4. The molecule has 30 heavy (non-hydrogen) atoms. The van der Waals surface area contributed by atoms with E-state index >= 15 is 0 Å². The van der Waals surface area contributed by atoms with Crippen LogP contribution in [0.5, 0.6) is 0 Å². The fourth-order valence-electron chi connectivity index (χ4n) is 4.36. The molecule has 0 saturated heterocycles. The molecule has 172 valence electrons. The van der Waals surface area contributed by atoms with Crippen molar-refractivity contribution < 1.29 is 18.2 Å². The smallest absolute Gasteiger partial charge is 0.322 e. The minimum Gasteiger partial charge on any atom is -0.429 e. The topological polar surface area (TPSA) is 36.9 Å². The molecule has 0 N–H and O–H groups in total. The summed E-state index contributed by atoms with van der Waals surface area (Å²) in [4.78, 5) is 0. The van der Waals surface area contributed by atoms with E-state index in [0.717, 1.165) is 25.5 Å². The number of hydrogen-bond acceptors (Lipinski definition) is 4. The van der Waals surface area contributed by atoms with Crippen LogP contribution in [0.2, 0.25) is 38.8 Å². The first-order chi connectivity index (χ1) is 14.1. The third-order valence-electron chi connectivity index (χ3n) is 6.78. The second-order valence-corrected chi connectivity index (χ2v) is 17.4. The molecular weight excluding hydrogens is 406 g/mol. The first kappa shape index (κ1) is 27.9. The van der Waals surface area contributed by atoms with Gasteiger partial charge in [0.25, 0.3) is 0 Å². The molecular formula is C22H46B2O4Si2. The first-order valence-corrected chi connectivity index (χ1v) is 17.8. The maximum absolute atomic E-state index is 6.47. The van der Waals surface area contributed by atoms with E-state index in [2.05, 4.69) is 67.7 Å². The molecule has 0 spiro atoms. The van der Waals surface area contributed by atoms with Gasteiger partial charge in [0.15, 0.2) is 0 Å². The Morgan fingerprint density at radius 2 is 0.967 bits per heavy atom. The van der Waals surface area contributed by atoms with Gasteiger partial charge < -0.3 is 18.2 Å². The van der Waals surface area contributed by atoms with Crippen molar-refractivity contribution in [2.45, 2.75) is 93.2 Å². The summed E-state index contributed by atoms with van der Waals surface area (Å²) in [6, 6.07) is 0. The molecule has 1 heterocycles. The minimum absolute atomic E-state index is 0.148. The highest BCUT2D eigenvalue weighted by molar-refractivity contribution is 6.81. The molecule has 0 fully saturated rings. The third kappa shape index (κ3) is 7.49. The molecule has 0 aromatic carbocycles. The fraction of sp³-hybridized carbons (Fsp3) is 0.818. The Labute approximate surface area is 189 Å². The van der Waals surface area contributed by atoms with Crippen molar-refractivity contribution in [2.75, 3.05) is 26.4 Å². The first-order valence-electron chi connectivity index (χ1n) is 12.0. The maximum atomic E-state index is 6.47. The highest BCUT2D eigenvalue weighted by Gasteiger charge is 2.33. The van der Waals surface area contributed by atoms with Crippen molar-refractivity contribution >= 4 is 30.5 Å². The largest absolute Gasteiger partial charge is 0.429 e. The van der Waals surface area contributed by atoms with Gasteiger partial charge in [0.05, 0.1) is 26.4 Å². The van der Waals surface area contributed by atoms with Gasteiger partial charge in [-0.3, -0.25) is 0 Å². The zero-order chi connectivity index (χ0) is 22.9. The van der Waals surface area contributed by atoms with Gasteiger partial charge >= 0.3 is 13.8 Å². The predicted molar refractivity (Wildman–Crippen MR) is 137 cm³/mol. The average Bonchev–Trinajstić information content (AvgIpc) is 2.71. The molecule has 0 bridgehead atoms. The van der Waals surface area contributed by atoms with Crippen molar-refractivity contribution in [2.24, 2.45) is 0 Å². The van der Waals surface area contributed by atoms with Crippen molar-refractivity contribution in [1.82, 2.24) is 0 Å². The van der Waals surface area contributed by atoms with Gasteiger partial charge in [-0.05, 0) is 65.5 Å². The van der Waals surface area contributed by atoms with E-state index in [0.29, 0.717) is 26.4 Å². The van der Waals surface area contributed by atoms with Crippen LogP contribution in [0.25, 0.3) is 0 Å². The van der Waals surface area contributed by atoms with E-state index in [-0.39, 0.29) is 13.8 Å². The van der Waals surface area contributed by atoms with E-state index < -0.39 is 16.6 Å². The molecule has 1 rings (SSSR count). The predicted octanol–water partition coefficient (Wildman–Crippen LogP) is 6.11. The summed E-state index contributed by atoms with van der Waals surface area (Å²) in [5, 5.41) is 2.83. The summed E-state index contributed by atoms with van der Waals surface area (Å²) < 4.78 is 25.6. The summed E-state index contributed by atoms with van der Waals surface area (Å²) in [6.07, 6.45) is 3.96. The lowest BCUT2D eigenvalue weighted by atomic mass is 9.57. The standard InChI is InChI=1S/C22H46B2O4Si2/c1-11-21-19(5)29(7,8)27-18-16-26-24(14-4)22(12-2)20(6)30(9,10)28-17-15-25-23(21)13-3/h11-18H2,1-10H3/b21-19-,22-20-. The van der Waals surface area contributed by atoms with Crippen LogP contribution in [0.4, 0.5) is 0 Å². The zero-order valence-electron chi connectivity index (χ0n) is 21.4. The molecule has 0 aliphatic carbocycles. The van der Waals surface area contributed by atoms with Gasteiger partial charge in [-0.1, -0.05) is 49.0 Å². The van der Waals surface area contributed by atoms with Crippen LogP contribution in [-0.4, -0.2) is 56.9 Å². The summed E-state index contributed by atoms with van der Waals surface area (Å²) in [5.74, 6) is 0.